The van der Waals surface area contributed by atoms with Gasteiger partial charge in [-0.15, -0.1) is 0 Å². The number of carboxylic acids is 1. The van der Waals surface area contributed by atoms with Crippen molar-refractivity contribution in [2.75, 3.05) is 11.5 Å². The number of nitrogens with zero attached hydrogens (tertiary/aromatic N) is 2. The van der Waals surface area contributed by atoms with Gasteiger partial charge >= 0.3 is 5.97 Å². The van der Waals surface area contributed by atoms with Crippen molar-refractivity contribution in [2.24, 2.45) is 0 Å². The Kier molecular flexibility index (Phi) is 1.80. The molecule has 1 aromatic heterocycles. The number of aromatic nitrogens is 2. The lowest BCUT2D eigenvalue weighted by atomic mass is 10.3. The second-order valence-electron chi connectivity index (χ2n) is 2.66. The van der Waals surface area contributed by atoms with E-state index in [1.54, 1.807) is 4.68 Å². The van der Waals surface area contributed by atoms with Crippen molar-refractivity contribution in [2.45, 2.75) is 6.04 Å². The van der Waals surface area contributed by atoms with Gasteiger partial charge in [0.1, 0.15) is 5.69 Å². The summed E-state index contributed by atoms with van der Waals surface area (Å²) < 4.78 is 1.60. The van der Waals surface area contributed by atoms with Crippen LogP contribution in [0.4, 0.5) is 0 Å². The number of aromatic carboxylic acids is 1. The minimum atomic E-state index is -0.899. The monoisotopic (exact) mass is 184 g/mol. The minimum Gasteiger partial charge on any atom is -0.477 e. The van der Waals surface area contributed by atoms with Gasteiger partial charge in [-0.25, -0.2) is 4.79 Å². The lowest BCUT2D eigenvalue weighted by Gasteiger charge is -2.25. The van der Waals surface area contributed by atoms with Gasteiger partial charge in [0, 0.05) is 17.7 Å². The molecule has 0 amide bonds. The zero-order valence-electron chi connectivity index (χ0n) is 6.30. The first-order valence-corrected chi connectivity index (χ1v) is 4.79. The summed E-state index contributed by atoms with van der Waals surface area (Å²) in [7, 11) is 0. The maximum absolute atomic E-state index is 10.7. The van der Waals surface area contributed by atoms with Crippen LogP contribution in [-0.4, -0.2) is 32.4 Å². The minimum absolute atomic E-state index is 0.288. The Bertz CT molecular complexity index is 306. The Balaban J connectivity index is 2.29. The predicted molar refractivity (Wildman–Crippen MR) is 45.5 cm³/mol. The van der Waals surface area contributed by atoms with Gasteiger partial charge in [-0.3, -0.25) is 4.68 Å². The van der Waals surface area contributed by atoms with Crippen LogP contribution in [0.1, 0.15) is 16.5 Å². The van der Waals surface area contributed by atoms with Crippen LogP contribution in [0.15, 0.2) is 12.3 Å². The highest BCUT2D eigenvalue weighted by Crippen LogP contribution is 2.29. The van der Waals surface area contributed by atoms with Crippen LogP contribution in [0.5, 0.6) is 0 Å². The maximum atomic E-state index is 10.7. The number of carboxylic acid groups (broad SMARTS) is 1. The molecule has 2 rings (SSSR count). The van der Waals surface area contributed by atoms with Gasteiger partial charge < -0.3 is 5.11 Å². The number of thioether (sulfide) groups is 1. The summed E-state index contributed by atoms with van der Waals surface area (Å²) in [4.78, 5) is 10.7. The van der Waals surface area contributed by atoms with Gasteiger partial charge in [0.2, 0.25) is 0 Å². The number of carbonyl (C=O) groups is 1. The van der Waals surface area contributed by atoms with Gasteiger partial charge in [0.25, 0.3) is 0 Å². The molecule has 64 valence electrons. The van der Waals surface area contributed by atoms with Crippen molar-refractivity contribution in [3.8, 4) is 0 Å². The Morgan fingerprint density at radius 1 is 1.75 bits per heavy atom. The van der Waals surface area contributed by atoms with Crippen LogP contribution in [-0.2, 0) is 0 Å². The number of hydrogen-bond donors (Lipinski definition) is 1. The van der Waals surface area contributed by atoms with Crippen molar-refractivity contribution in [1.29, 1.82) is 0 Å². The van der Waals surface area contributed by atoms with Crippen LogP contribution in [0.3, 0.4) is 0 Å². The molecule has 1 saturated heterocycles. The quantitative estimate of drug-likeness (QED) is 0.741. The molecule has 1 aliphatic heterocycles. The average molecular weight is 184 g/mol. The summed E-state index contributed by atoms with van der Waals surface area (Å²) in [6.07, 6.45) is 1.53. The van der Waals surface area contributed by atoms with E-state index in [4.69, 9.17) is 5.11 Å². The molecule has 0 atom stereocenters. The first kappa shape index (κ1) is 7.67. The smallest absolute Gasteiger partial charge is 0.354 e. The second-order valence-corrected chi connectivity index (χ2v) is 3.73. The first-order chi connectivity index (χ1) is 5.79. The third-order valence-corrected chi connectivity index (χ3v) is 3.10. The maximum Gasteiger partial charge on any atom is 0.354 e. The standard InChI is InChI=1S/C7H8N2O2S/c10-7(11)6-1-2-8-9(6)5-3-12-4-5/h1-2,5H,3-4H2,(H,10,11). The summed E-state index contributed by atoms with van der Waals surface area (Å²) >= 11 is 1.81. The molecule has 0 spiro atoms. The normalized spacial score (nSPS) is 17.3. The lowest BCUT2D eigenvalue weighted by Crippen LogP contribution is -2.26. The van der Waals surface area contributed by atoms with Gasteiger partial charge in [-0.2, -0.15) is 16.9 Å². The van der Waals surface area contributed by atoms with E-state index >= 15 is 0 Å². The van der Waals surface area contributed by atoms with Crippen molar-refractivity contribution >= 4 is 17.7 Å². The van der Waals surface area contributed by atoms with Gasteiger partial charge in [-0.05, 0) is 6.07 Å². The van der Waals surface area contributed by atoms with Crippen LogP contribution < -0.4 is 0 Å². The van der Waals surface area contributed by atoms with Gasteiger partial charge in [-0.1, -0.05) is 0 Å². The van der Waals surface area contributed by atoms with Crippen LogP contribution in [0, 0.1) is 0 Å². The van der Waals surface area contributed by atoms with E-state index in [-0.39, 0.29) is 6.04 Å². The molecule has 0 radical (unpaired) electrons. The van der Waals surface area contributed by atoms with E-state index in [1.807, 2.05) is 11.8 Å². The molecule has 0 unspecified atom stereocenters. The summed E-state index contributed by atoms with van der Waals surface area (Å²) in [5, 5.41) is 12.7. The van der Waals surface area contributed by atoms with Crippen molar-refractivity contribution in [3.05, 3.63) is 18.0 Å². The SMILES string of the molecule is O=C(O)c1ccnn1C1CSC1. The summed E-state index contributed by atoms with van der Waals surface area (Å²) in [5.74, 6) is 1.05. The lowest BCUT2D eigenvalue weighted by molar-refractivity contribution is 0.0681. The van der Waals surface area contributed by atoms with E-state index < -0.39 is 5.97 Å². The Hall–Kier alpha value is -0.970. The third-order valence-electron chi connectivity index (χ3n) is 1.86. The van der Waals surface area contributed by atoms with Crippen molar-refractivity contribution in [1.82, 2.24) is 9.78 Å². The molecule has 0 bridgehead atoms. The molecule has 1 aliphatic rings. The molecule has 1 N–H and O–H groups in total. The molecule has 5 heteroatoms. The van der Waals surface area contributed by atoms with E-state index in [0.717, 1.165) is 11.5 Å². The summed E-state index contributed by atoms with van der Waals surface area (Å²) in [5.41, 5.74) is 0.292. The fraction of sp³-hybridized carbons (Fsp3) is 0.429. The zero-order chi connectivity index (χ0) is 8.55. The average Bonchev–Trinajstić information content (AvgIpc) is 2.31. The van der Waals surface area contributed by atoms with Crippen LogP contribution >= 0.6 is 11.8 Å². The zero-order valence-corrected chi connectivity index (χ0v) is 7.12. The number of hydrogen-bond acceptors (Lipinski definition) is 3. The third kappa shape index (κ3) is 1.10. The van der Waals surface area contributed by atoms with Crippen LogP contribution in [0.2, 0.25) is 0 Å². The molecule has 0 saturated carbocycles. The van der Waals surface area contributed by atoms with E-state index in [2.05, 4.69) is 5.10 Å². The molecule has 1 aromatic rings. The largest absolute Gasteiger partial charge is 0.477 e. The topological polar surface area (TPSA) is 55.1 Å². The van der Waals surface area contributed by atoms with Crippen molar-refractivity contribution < 1.29 is 9.90 Å². The summed E-state index contributed by atoms with van der Waals surface area (Å²) in [6, 6.07) is 1.82. The first-order valence-electron chi connectivity index (χ1n) is 3.63. The van der Waals surface area contributed by atoms with Gasteiger partial charge in [0.05, 0.1) is 6.04 Å². The van der Waals surface area contributed by atoms with E-state index in [0.29, 0.717) is 5.69 Å². The molecular formula is C7H8N2O2S. The molecule has 12 heavy (non-hydrogen) atoms. The Morgan fingerprint density at radius 2 is 2.50 bits per heavy atom. The fourth-order valence-corrected chi connectivity index (χ4v) is 1.87. The van der Waals surface area contributed by atoms with E-state index in [9.17, 15) is 4.79 Å². The number of rotatable bonds is 2. The molecule has 4 nitrogen and oxygen atoms in total. The summed E-state index contributed by atoms with van der Waals surface area (Å²) in [6.45, 7) is 0. The van der Waals surface area contributed by atoms with Crippen LogP contribution in [0.25, 0.3) is 0 Å². The molecule has 1 fully saturated rings. The predicted octanol–water partition coefficient (Wildman–Crippen LogP) is 0.869. The van der Waals surface area contributed by atoms with Crippen molar-refractivity contribution in [3.63, 3.8) is 0 Å². The highest BCUT2D eigenvalue weighted by Gasteiger charge is 2.24. The van der Waals surface area contributed by atoms with E-state index in [1.165, 1.54) is 12.3 Å². The second kappa shape index (κ2) is 2.82. The highest BCUT2D eigenvalue weighted by atomic mass is 32.2. The van der Waals surface area contributed by atoms with Gasteiger partial charge in [0.15, 0.2) is 0 Å². The molecular weight excluding hydrogens is 176 g/mol. The molecule has 2 heterocycles. The Morgan fingerprint density at radius 3 is 3.00 bits per heavy atom. The fourth-order valence-electron chi connectivity index (χ4n) is 1.14. The molecule has 0 aliphatic carbocycles. The molecule has 0 aromatic carbocycles. The Labute approximate surface area is 73.6 Å². The highest BCUT2D eigenvalue weighted by molar-refractivity contribution is 8.00.